The number of aliphatic imine (C=N–C) groups is 1. The molecule has 0 amide bonds. The Kier molecular flexibility index (Phi) is 3.24. The standard InChI is InChI=1S/C17H18N6O/c1-3-13-20-16-14(10(2)22-23-16)17(18,21-13)12-8-4-6-11-7-5-9-19-24-15(11)12/h4-9H,3,18H2,1-2H3,(H2,20,21,22,23). The number of benzene rings is 1. The summed E-state index contributed by atoms with van der Waals surface area (Å²) in [5.41, 5.74) is 9.08. The molecule has 0 saturated carbocycles. The van der Waals surface area contributed by atoms with E-state index in [2.05, 4.69) is 20.7 Å². The van der Waals surface area contributed by atoms with Crippen LogP contribution in [0, 0.1) is 6.92 Å². The van der Waals surface area contributed by atoms with Crippen LogP contribution in [0.2, 0.25) is 0 Å². The molecular weight excluding hydrogens is 304 g/mol. The van der Waals surface area contributed by atoms with Gasteiger partial charge in [-0.25, -0.2) is 4.99 Å². The number of para-hydroxylation sites is 1. The predicted molar refractivity (Wildman–Crippen MR) is 94.2 cm³/mol. The van der Waals surface area contributed by atoms with Crippen molar-refractivity contribution < 1.29 is 4.84 Å². The molecule has 3 heterocycles. The van der Waals surface area contributed by atoms with E-state index in [1.807, 2.05) is 44.2 Å². The van der Waals surface area contributed by atoms with E-state index in [4.69, 9.17) is 15.6 Å². The van der Waals surface area contributed by atoms with Crippen molar-refractivity contribution in [2.24, 2.45) is 15.9 Å². The second-order valence-electron chi connectivity index (χ2n) is 5.80. The summed E-state index contributed by atoms with van der Waals surface area (Å²) in [4.78, 5) is 10.4. The van der Waals surface area contributed by atoms with E-state index in [-0.39, 0.29) is 0 Å². The van der Waals surface area contributed by atoms with E-state index >= 15 is 0 Å². The Balaban J connectivity index is 1.99. The van der Waals surface area contributed by atoms with E-state index in [0.717, 1.165) is 34.6 Å². The van der Waals surface area contributed by atoms with Crippen LogP contribution in [0.3, 0.4) is 0 Å². The molecule has 24 heavy (non-hydrogen) atoms. The lowest BCUT2D eigenvalue weighted by Gasteiger charge is -2.32. The number of amidine groups is 1. The molecule has 122 valence electrons. The first kappa shape index (κ1) is 14.6. The molecule has 0 spiro atoms. The monoisotopic (exact) mass is 322 g/mol. The van der Waals surface area contributed by atoms with Crippen LogP contribution in [0.25, 0.3) is 6.08 Å². The first-order chi connectivity index (χ1) is 11.6. The van der Waals surface area contributed by atoms with E-state index < -0.39 is 5.66 Å². The molecule has 2 aromatic rings. The molecule has 0 saturated heterocycles. The first-order valence-electron chi connectivity index (χ1n) is 7.84. The van der Waals surface area contributed by atoms with Gasteiger partial charge in [-0.15, -0.1) is 0 Å². The molecule has 1 unspecified atom stereocenters. The number of hydrogen-bond donors (Lipinski definition) is 3. The zero-order valence-corrected chi connectivity index (χ0v) is 13.5. The zero-order chi connectivity index (χ0) is 16.7. The first-order valence-corrected chi connectivity index (χ1v) is 7.84. The van der Waals surface area contributed by atoms with Gasteiger partial charge in [-0.05, 0) is 19.1 Å². The number of aromatic nitrogens is 2. The molecule has 7 heteroatoms. The fraction of sp³-hybridized carbons (Fsp3) is 0.235. The lowest BCUT2D eigenvalue weighted by atomic mass is 9.88. The van der Waals surface area contributed by atoms with Crippen LogP contribution in [0.1, 0.15) is 35.7 Å². The molecule has 2 aliphatic rings. The number of nitrogens with one attached hydrogen (secondary N) is 2. The summed E-state index contributed by atoms with van der Waals surface area (Å²) in [6.07, 6.45) is 6.09. The summed E-state index contributed by atoms with van der Waals surface area (Å²) >= 11 is 0. The van der Waals surface area contributed by atoms with Crippen molar-refractivity contribution in [3.05, 3.63) is 46.7 Å². The number of nitrogens with two attached hydrogens (primary N) is 1. The highest BCUT2D eigenvalue weighted by atomic mass is 16.6. The summed E-state index contributed by atoms with van der Waals surface area (Å²) in [5.74, 6) is 2.09. The van der Waals surface area contributed by atoms with Gasteiger partial charge in [-0.1, -0.05) is 30.3 Å². The minimum absolute atomic E-state index is 0.609. The number of fused-ring (bicyclic) bond motifs is 2. The van der Waals surface area contributed by atoms with Crippen molar-refractivity contribution in [3.8, 4) is 5.75 Å². The van der Waals surface area contributed by atoms with E-state index in [0.29, 0.717) is 11.6 Å². The van der Waals surface area contributed by atoms with Gasteiger partial charge < -0.3 is 10.2 Å². The maximum Gasteiger partial charge on any atom is 0.172 e. The van der Waals surface area contributed by atoms with Crippen molar-refractivity contribution in [1.82, 2.24) is 10.2 Å². The SMILES string of the molecule is CCC1=NC(N)(c2cccc3c2ON=CC=C3)c2c(n[nH]c2C)N1. The van der Waals surface area contributed by atoms with Gasteiger partial charge in [0, 0.05) is 23.2 Å². The van der Waals surface area contributed by atoms with Gasteiger partial charge in [-0.2, -0.15) is 5.10 Å². The average Bonchev–Trinajstić information content (AvgIpc) is 2.82. The summed E-state index contributed by atoms with van der Waals surface area (Å²) in [7, 11) is 0. The minimum Gasteiger partial charge on any atom is -0.356 e. The number of oxime groups is 1. The Hall–Kier alpha value is -2.93. The Morgan fingerprint density at radius 1 is 1.33 bits per heavy atom. The van der Waals surface area contributed by atoms with Crippen LogP contribution < -0.4 is 15.9 Å². The second kappa shape index (κ2) is 5.31. The number of rotatable bonds is 2. The molecule has 2 aliphatic heterocycles. The van der Waals surface area contributed by atoms with Gasteiger partial charge in [0.05, 0.1) is 11.8 Å². The van der Waals surface area contributed by atoms with Crippen LogP contribution >= 0.6 is 0 Å². The molecular formula is C17H18N6O. The smallest absolute Gasteiger partial charge is 0.172 e. The highest BCUT2D eigenvalue weighted by molar-refractivity contribution is 5.98. The van der Waals surface area contributed by atoms with Gasteiger partial charge in [0.15, 0.2) is 17.2 Å². The van der Waals surface area contributed by atoms with Crippen molar-refractivity contribution in [1.29, 1.82) is 0 Å². The number of hydrogen-bond acceptors (Lipinski definition) is 6. The molecule has 4 N–H and O–H groups in total. The van der Waals surface area contributed by atoms with Gasteiger partial charge in [0.2, 0.25) is 0 Å². The van der Waals surface area contributed by atoms with Gasteiger partial charge in [0.1, 0.15) is 5.84 Å². The highest BCUT2D eigenvalue weighted by Crippen LogP contribution is 2.43. The van der Waals surface area contributed by atoms with Crippen LogP contribution in [-0.4, -0.2) is 22.2 Å². The summed E-state index contributed by atoms with van der Waals surface area (Å²) in [6, 6.07) is 5.83. The van der Waals surface area contributed by atoms with Crippen molar-refractivity contribution in [3.63, 3.8) is 0 Å². The third kappa shape index (κ3) is 2.05. The highest BCUT2D eigenvalue weighted by Gasteiger charge is 2.41. The largest absolute Gasteiger partial charge is 0.356 e. The topological polar surface area (TPSA) is 101 Å². The number of nitrogens with zero attached hydrogens (tertiary/aromatic N) is 3. The molecule has 4 rings (SSSR count). The number of aryl methyl sites for hydroxylation is 1. The van der Waals surface area contributed by atoms with Gasteiger partial charge in [-0.3, -0.25) is 10.8 Å². The van der Waals surface area contributed by atoms with Crippen LogP contribution in [0.5, 0.6) is 5.75 Å². The fourth-order valence-electron chi connectivity index (χ4n) is 3.13. The summed E-state index contributed by atoms with van der Waals surface area (Å²) < 4.78 is 0. The number of H-pyrrole nitrogens is 1. The quantitative estimate of drug-likeness (QED) is 0.790. The second-order valence-corrected chi connectivity index (χ2v) is 5.80. The third-order valence-electron chi connectivity index (χ3n) is 4.26. The fourth-order valence-corrected chi connectivity index (χ4v) is 3.13. The predicted octanol–water partition coefficient (Wildman–Crippen LogP) is 2.50. The number of anilines is 1. The molecule has 1 atom stereocenters. The van der Waals surface area contributed by atoms with Crippen LogP contribution in [0.4, 0.5) is 5.82 Å². The molecule has 0 aliphatic carbocycles. The van der Waals surface area contributed by atoms with Crippen molar-refractivity contribution in [2.45, 2.75) is 25.9 Å². The third-order valence-corrected chi connectivity index (χ3v) is 4.26. The average molecular weight is 322 g/mol. The van der Waals surface area contributed by atoms with Gasteiger partial charge >= 0.3 is 0 Å². The van der Waals surface area contributed by atoms with Crippen LogP contribution in [-0.2, 0) is 5.66 Å². The molecule has 0 bridgehead atoms. The Morgan fingerprint density at radius 3 is 3.04 bits per heavy atom. The van der Waals surface area contributed by atoms with E-state index in [1.165, 1.54) is 0 Å². The zero-order valence-electron chi connectivity index (χ0n) is 13.5. The van der Waals surface area contributed by atoms with E-state index in [1.54, 1.807) is 6.21 Å². The van der Waals surface area contributed by atoms with E-state index in [9.17, 15) is 0 Å². The Morgan fingerprint density at radius 2 is 2.21 bits per heavy atom. The lowest BCUT2D eigenvalue weighted by molar-refractivity contribution is 0.332. The molecule has 1 aromatic carbocycles. The maximum absolute atomic E-state index is 6.83. The summed E-state index contributed by atoms with van der Waals surface area (Å²) in [5, 5.41) is 14.5. The molecule has 7 nitrogen and oxygen atoms in total. The number of aromatic amines is 1. The molecule has 0 radical (unpaired) electrons. The molecule has 0 fully saturated rings. The van der Waals surface area contributed by atoms with Crippen molar-refractivity contribution >= 4 is 23.9 Å². The normalized spacial score (nSPS) is 21.2. The lowest BCUT2D eigenvalue weighted by Crippen LogP contribution is -2.42. The van der Waals surface area contributed by atoms with Gasteiger partial charge in [0.25, 0.3) is 0 Å². The minimum atomic E-state index is -1.10. The maximum atomic E-state index is 6.83. The Labute approximate surface area is 139 Å². The van der Waals surface area contributed by atoms with Crippen LogP contribution in [0.15, 0.2) is 34.4 Å². The summed E-state index contributed by atoms with van der Waals surface area (Å²) in [6.45, 7) is 3.95. The Bertz CT molecular complexity index is 894. The van der Waals surface area contributed by atoms with Crippen molar-refractivity contribution in [2.75, 3.05) is 5.32 Å². The number of allylic oxidation sites excluding steroid dienone is 1. The molecule has 1 aromatic heterocycles.